The van der Waals surface area contributed by atoms with Crippen LogP contribution in [0.25, 0.3) is 0 Å². The number of ether oxygens (including phenoxy) is 1. The Morgan fingerprint density at radius 3 is 2.40 bits per heavy atom. The molecule has 3 aromatic rings. The van der Waals surface area contributed by atoms with Crippen molar-refractivity contribution in [2.75, 3.05) is 41.9 Å². The van der Waals surface area contributed by atoms with Crippen molar-refractivity contribution in [3.63, 3.8) is 0 Å². The summed E-state index contributed by atoms with van der Waals surface area (Å²) in [4.78, 5) is 15.7. The average Bonchev–Trinajstić information content (AvgIpc) is 2.77. The van der Waals surface area contributed by atoms with Gasteiger partial charge in [0.05, 0.1) is 19.4 Å². The zero-order valence-corrected chi connectivity index (χ0v) is 18.1. The van der Waals surface area contributed by atoms with Crippen molar-refractivity contribution in [3.05, 3.63) is 64.1 Å². The van der Waals surface area contributed by atoms with Gasteiger partial charge in [0, 0.05) is 23.2 Å². The summed E-state index contributed by atoms with van der Waals surface area (Å²) in [7, 11) is 0. The summed E-state index contributed by atoms with van der Waals surface area (Å²) in [6.07, 6.45) is 1.72. The van der Waals surface area contributed by atoms with Gasteiger partial charge in [-0.15, -0.1) is 0 Å². The summed E-state index contributed by atoms with van der Waals surface area (Å²) in [6, 6.07) is 15.9. The van der Waals surface area contributed by atoms with Crippen LogP contribution in [0.5, 0.6) is 0 Å². The van der Waals surface area contributed by atoms with Gasteiger partial charge in [0.2, 0.25) is 17.8 Å². The fourth-order valence-electron chi connectivity index (χ4n) is 2.85. The first-order chi connectivity index (χ1) is 14.7. The van der Waals surface area contributed by atoms with Gasteiger partial charge in [0.15, 0.2) is 0 Å². The van der Waals surface area contributed by atoms with Gasteiger partial charge in [-0.25, -0.2) is 5.43 Å². The summed E-state index contributed by atoms with van der Waals surface area (Å²) in [5.41, 5.74) is 5.98. The monoisotopic (exact) mass is 467 g/mol. The lowest BCUT2D eigenvalue weighted by atomic mass is 10.2. The Kier molecular flexibility index (Phi) is 6.50. The Morgan fingerprint density at radius 1 is 0.967 bits per heavy atom. The van der Waals surface area contributed by atoms with Gasteiger partial charge >= 0.3 is 0 Å². The Bertz CT molecular complexity index is 1000. The first-order valence-corrected chi connectivity index (χ1v) is 10.4. The molecule has 154 valence electrons. The number of nitrogens with zero attached hydrogens (tertiary/aromatic N) is 5. The van der Waals surface area contributed by atoms with E-state index < -0.39 is 0 Å². The molecule has 0 bridgehead atoms. The molecule has 0 atom stereocenters. The maximum atomic E-state index is 5.44. The highest BCUT2D eigenvalue weighted by atomic mass is 79.9. The SMILES string of the molecule is Cc1ccc(Nc2nc(N/N=C/c3ccc(Br)cc3)nc(N3CCOCC3)n2)cc1. The van der Waals surface area contributed by atoms with Crippen molar-refractivity contribution in [2.24, 2.45) is 5.10 Å². The largest absolute Gasteiger partial charge is 0.378 e. The molecule has 0 amide bonds. The van der Waals surface area contributed by atoms with E-state index in [1.165, 1.54) is 5.56 Å². The van der Waals surface area contributed by atoms with Gasteiger partial charge in [-0.05, 0) is 36.8 Å². The van der Waals surface area contributed by atoms with E-state index in [0.717, 1.165) is 28.8 Å². The van der Waals surface area contributed by atoms with Crippen LogP contribution in [0.1, 0.15) is 11.1 Å². The molecule has 1 fully saturated rings. The van der Waals surface area contributed by atoms with Gasteiger partial charge in [0.1, 0.15) is 0 Å². The van der Waals surface area contributed by atoms with Gasteiger partial charge < -0.3 is 15.0 Å². The summed E-state index contributed by atoms with van der Waals surface area (Å²) in [5, 5.41) is 7.52. The fraction of sp³-hybridized carbons (Fsp3) is 0.238. The Labute approximate surface area is 183 Å². The number of anilines is 4. The molecule has 0 unspecified atom stereocenters. The normalized spacial score (nSPS) is 14.1. The molecule has 30 heavy (non-hydrogen) atoms. The van der Waals surface area contributed by atoms with Crippen molar-refractivity contribution in [2.45, 2.75) is 6.92 Å². The van der Waals surface area contributed by atoms with Gasteiger partial charge in [-0.3, -0.25) is 0 Å². The van der Waals surface area contributed by atoms with Crippen molar-refractivity contribution in [1.29, 1.82) is 0 Å². The summed E-state index contributed by atoms with van der Waals surface area (Å²) in [6.45, 7) is 4.81. The van der Waals surface area contributed by atoms with Crippen molar-refractivity contribution in [3.8, 4) is 0 Å². The van der Waals surface area contributed by atoms with Crippen molar-refractivity contribution >= 4 is 45.7 Å². The smallest absolute Gasteiger partial charge is 0.250 e. The molecule has 0 radical (unpaired) electrons. The summed E-state index contributed by atoms with van der Waals surface area (Å²) in [5.74, 6) is 1.41. The van der Waals surface area contributed by atoms with Crippen LogP contribution in [-0.4, -0.2) is 47.5 Å². The zero-order chi connectivity index (χ0) is 20.8. The minimum atomic E-state index is 0.370. The van der Waals surface area contributed by atoms with Crippen LogP contribution in [-0.2, 0) is 4.74 Å². The van der Waals surface area contributed by atoms with Crippen LogP contribution in [0, 0.1) is 6.92 Å². The topological polar surface area (TPSA) is 87.6 Å². The van der Waals surface area contributed by atoms with Crippen molar-refractivity contribution < 1.29 is 4.74 Å². The molecule has 4 rings (SSSR count). The third-order valence-electron chi connectivity index (χ3n) is 4.47. The van der Waals surface area contributed by atoms with Gasteiger partial charge in [0.25, 0.3) is 0 Å². The molecule has 0 spiro atoms. The molecule has 2 heterocycles. The zero-order valence-electron chi connectivity index (χ0n) is 16.5. The molecule has 1 aromatic heterocycles. The first kappa shape index (κ1) is 20.2. The second kappa shape index (κ2) is 9.64. The van der Waals surface area contributed by atoms with E-state index in [-0.39, 0.29) is 0 Å². The minimum absolute atomic E-state index is 0.370. The molecule has 1 saturated heterocycles. The maximum absolute atomic E-state index is 5.44. The summed E-state index contributed by atoms with van der Waals surface area (Å²) < 4.78 is 6.46. The third kappa shape index (κ3) is 5.52. The van der Waals surface area contributed by atoms with Gasteiger partial charge in [-0.2, -0.15) is 20.1 Å². The molecule has 8 nitrogen and oxygen atoms in total. The number of morpholine rings is 1. The average molecular weight is 468 g/mol. The molecule has 1 aliphatic rings. The number of halogens is 1. The van der Waals surface area contributed by atoms with E-state index in [9.17, 15) is 0 Å². The van der Waals surface area contributed by atoms with Crippen LogP contribution in [0.4, 0.5) is 23.5 Å². The Hall–Kier alpha value is -3.04. The van der Waals surface area contributed by atoms with E-state index >= 15 is 0 Å². The molecular weight excluding hydrogens is 446 g/mol. The summed E-state index contributed by atoms with van der Waals surface area (Å²) >= 11 is 3.43. The van der Waals surface area contributed by atoms with Crippen LogP contribution in [0.15, 0.2) is 58.1 Å². The van der Waals surface area contributed by atoms with E-state index in [4.69, 9.17) is 4.74 Å². The second-order valence-electron chi connectivity index (χ2n) is 6.79. The van der Waals surface area contributed by atoms with E-state index in [2.05, 4.69) is 58.5 Å². The molecule has 0 aliphatic carbocycles. The highest BCUT2D eigenvalue weighted by molar-refractivity contribution is 9.10. The van der Waals surface area contributed by atoms with Crippen LogP contribution < -0.4 is 15.6 Å². The quantitative estimate of drug-likeness (QED) is 0.418. The predicted molar refractivity (Wildman–Crippen MR) is 123 cm³/mol. The van der Waals surface area contributed by atoms with E-state index in [1.807, 2.05) is 48.5 Å². The van der Waals surface area contributed by atoms with Gasteiger partial charge in [-0.1, -0.05) is 45.8 Å². The minimum Gasteiger partial charge on any atom is -0.378 e. The van der Waals surface area contributed by atoms with Crippen LogP contribution >= 0.6 is 15.9 Å². The Morgan fingerprint density at radius 2 is 1.67 bits per heavy atom. The molecular formula is C21H22BrN7O. The standard InChI is InChI=1S/C21H22BrN7O/c1-15-2-8-18(9-3-15)24-19-25-20(27-21(26-19)29-10-12-30-13-11-29)28-23-14-16-4-6-17(22)7-5-16/h2-9,14H,10-13H2,1H3,(H2,24,25,26,27,28)/b23-14+. The van der Waals surface area contributed by atoms with Crippen LogP contribution in [0.2, 0.25) is 0 Å². The highest BCUT2D eigenvalue weighted by Gasteiger charge is 2.16. The Balaban J connectivity index is 1.55. The molecule has 1 aliphatic heterocycles. The number of hydrazone groups is 1. The maximum Gasteiger partial charge on any atom is 0.250 e. The highest BCUT2D eigenvalue weighted by Crippen LogP contribution is 2.19. The number of aromatic nitrogens is 3. The number of rotatable bonds is 6. The predicted octanol–water partition coefficient (Wildman–Crippen LogP) is 3.97. The number of nitrogens with one attached hydrogen (secondary N) is 2. The number of aryl methyl sites for hydroxylation is 1. The molecule has 2 N–H and O–H groups in total. The lowest BCUT2D eigenvalue weighted by Gasteiger charge is -2.27. The molecule has 0 saturated carbocycles. The fourth-order valence-corrected chi connectivity index (χ4v) is 3.12. The molecule has 9 heteroatoms. The number of hydrogen-bond acceptors (Lipinski definition) is 8. The lowest BCUT2D eigenvalue weighted by Crippen LogP contribution is -2.37. The van der Waals surface area contributed by atoms with E-state index in [1.54, 1.807) is 6.21 Å². The number of hydrogen-bond donors (Lipinski definition) is 2. The van der Waals surface area contributed by atoms with E-state index in [0.29, 0.717) is 31.1 Å². The second-order valence-corrected chi connectivity index (χ2v) is 7.71. The third-order valence-corrected chi connectivity index (χ3v) is 5.00. The molecule has 2 aromatic carbocycles. The lowest BCUT2D eigenvalue weighted by molar-refractivity contribution is 0.122. The van der Waals surface area contributed by atoms with Crippen LogP contribution in [0.3, 0.4) is 0 Å². The van der Waals surface area contributed by atoms with Crippen molar-refractivity contribution in [1.82, 2.24) is 15.0 Å². The number of benzene rings is 2. The first-order valence-electron chi connectivity index (χ1n) is 9.63.